The fraction of sp³-hybridized carbons (Fsp3) is 0.600. The van der Waals surface area contributed by atoms with Gasteiger partial charge in [-0.2, -0.15) is 13.2 Å². The second-order valence-corrected chi connectivity index (χ2v) is 7.65. The largest absolute Gasteiger partial charge is 0.393 e. The van der Waals surface area contributed by atoms with E-state index in [1.165, 1.54) is 17.7 Å². The van der Waals surface area contributed by atoms with Crippen LogP contribution in [0.5, 0.6) is 0 Å². The number of rotatable bonds is 2. The number of halogens is 3. The molecule has 8 heteroatoms. The maximum Gasteiger partial charge on any atom is 0.393 e. The van der Waals surface area contributed by atoms with Crippen LogP contribution >= 0.6 is 11.3 Å². The molecule has 1 unspecified atom stereocenters. The zero-order valence-electron chi connectivity index (χ0n) is 12.5. The van der Waals surface area contributed by atoms with E-state index in [4.69, 9.17) is 0 Å². The zero-order valence-corrected chi connectivity index (χ0v) is 13.3. The third-order valence-corrected chi connectivity index (χ3v) is 5.91. The van der Waals surface area contributed by atoms with Crippen LogP contribution in [0, 0.1) is 5.41 Å². The molecule has 0 aliphatic carbocycles. The van der Waals surface area contributed by atoms with Crippen LogP contribution in [0.2, 0.25) is 0 Å². The fourth-order valence-electron chi connectivity index (χ4n) is 3.66. The van der Waals surface area contributed by atoms with Crippen molar-refractivity contribution in [3.05, 3.63) is 17.3 Å². The average Bonchev–Trinajstić information content (AvgIpc) is 3.17. The highest BCUT2D eigenvalue weighted by molar-refractivity contribution is 7.19. The van der Waals surface area contributed by atoms with Gasteiger partial charge in [-0.1, -0.05) is 0 Å². The minimum absolute atomic E-state index is 0.295. The van der Waals surface area contributed by atoms with Crippen LogP contribution in [0.15, 0.2) is 12.4 Å². The summed E-state index contributed by atoms with van der Waals surface area (Å²) in [5.74, 6) is 0.789. The second kappa shape index (κ2) is 5.31. The molecule has 0 radical (unpaired) electrons. The molecule has 2 fully saturated rings. The molecule has 23 heavy (non-hydrogen) atoms. The predicted octanol–water partition coefficient (Wildman–Crippen LogP) is 2.99. The van der Waals surface area contributed by atoms with Crippen LogP contribution in [0.1, 0.15) is 17.7 Å². The molecule has 124 valence electrons. The van der Waals surface area contributed by atoms with Crippen molar-refractivity contribution in [2.45, 2.75) is 25.4 Å². The van der Waals surface area contributed by atoms with E-state index in [1.54, 1.807) is 6.07 Å². The Morgan fingerprint density at radius 1 is 1.30 bits per heavy atom. The van der Waals surface area contributed by atoms with Crippen LogP contribution in [-0.4, -0.2) is 42.3 Å². The summed E-state index contributed by atoms with van der Waals surface area (Å²) in [5, 5.41) is 3.41. The summed E-state index contributed by atoms with van der Waals surface area (Å²) in [6, 6.07) is 1.54. The van der Waals surface area contributed by atoms with E-state index >= 15 is 0 Å². The first-order valence-corrected chi connectivity index (χ1v) is 8.52. The third-order valence-electron chi connectivity index (χ3n) is 4.79. The third kappa shape index (κ3) is 2.89. The van der Waals surface area contributed by atoms with Gasteiger partial charge in [0.05, 0.1) is 16.6 Å². The normalized spacial score (nSPS) is 25.1. The van der Waals surface area contributed by atoms with Crippen LogP contribution in [0.4, 0.5) is 19.0 Å². The van der Waals surface area contributed by atoms with Gasteiger partial charge >= 0.3 is 6.18 Å². The summed E-state index contributed by atoms with van der Waals surface area (Å²) < 4.78 is 38.6. The Hall–Kier alpha value is -1.41. The maximum atomic E-state index is 12.6. The summed E-state index contributed by atoms with van der Waals surface area (Å²) in [6.45, 7) is 3.88. The molecule has 4 nitrogen and oxygen atoms in total. The Morgan fingerprint density at radius 2 is 2.17 bits per heavy atom. The van der Waals surface area contributed by atoms with Gasteiger partial charge in [-0.3, -0.25) is 0 Å². The van der Waals surface area contributed by atoms with E-state index in [0.717, 1.165) is 49.5 Å². The Balaban J connectivity index is 1.65. The molecule has 2 aromatic heterocycles. The number of fused-ring (bicyclic) bond motifs is 1. The lowest BCUT2D eigenvalue weighted by atomic mass is 9.87. The van der Waals surface area contributed by atoms with Crippen molar-refractivity contribution in [3.8, 4) is 0 Å². The van der Waals surface area contributed by atoms with Gasteiger partial charge in [-0.05, 0) is 25.5 Å². The van der Waals surface area contributed by atoms with Crippen LogP contribution in [0.25, 0.3) is 10.2 Å². The molecule has 0 bridgehead atoms. The van der Waals surface area contributed by atoms with E-state index in [1.807, 2.05) is 0 Å². The Bertz CT molecular complexity index is 721. The predicted molar refractivity (Wildman–Crippen MR) is 83.9 cm³/mol. The lowest BCUT2D eigenvalue weighted by Crippen LogP contribution is -2.29. The number of hydrogen-bond donors (Lipinski definition) is 1. The first kappa shape index (κ1) is 15.1. The molecular weight excluding hydrogens is 325 g/mol. The maximum absolute atomic E-state index is 12.6. The van der Waals surface area contributed by atoms with Crippen LogP contribution in [0.3, 0.4) is 0 Å². The fourth-order valence-corrected chi connectivity index (χ4v) is 4.82. The minimum Gasteiger partial charge on any atom is -0.355 e. The quantitative estimate of drug-likeness (QED) is 0.911. The van der Waals surface area contributed by atoms with E-state index in [9.17, 15) is 13.2 Å². The number of hydrogen-bond acceptors (Lipinski definition) is 5. The van der Waals surface area contributed by atoms with Gasteiger partial charge in [-0.15, -0.1) is 11.3 Å². The summed E-state index contributed by atoms with van der Waals surface area (Å²) in [4.78, 5) is 11.0. The monoisotopic (exact) mass is 342 g/mol. The summed E-state index contributed by atoms with van der Waals surface area (Å²) >= 11 is 1.17. The van der Waals surface area contributed by atoms with Crippen LogP contribution in [-0.2, 0) is 6.42 Å². The molecule has 1 spiro atoms. The highest BCUT2D eigenvalue weighted by Crippen LogP contribution is 2.41. The molecule has 4 rings (SSSR count). The molecule has 2 aliphatic heterocycles. The van der Waals surface area contributed by atoms with Gasteiger partial charge in [0, 0.05) is 29.9 Å². The van der Waals surface area contributed by atoms with Crippen molar-refractivity contribution in [1.29, 1.82) is 0 Å². The van der Waals surface area contributed by atoms with E-state index in [2.05, 4.69) is 20.2 Å². The molecule has 2 aliphatic rings. The van der Waals surface area contributed by atoms with Gasteiger partial charge in [0.15, 0.2) is 0 Å². The first-order chi connectivity index (χ1) is 10.9. The van der Waals surface area contributed by atoms with Gasteiger partial charge < -0.3 is 10.2 Å². The molecule has 0 saturated carbocycles. The first-order valence-electron chi connectivity index (χ1n) is 7.70. The Labute approximate surface area is 135 Å². The molecule has 4 heterocycles. The lowest BCUT2D eigenvalue weighted by molar-refractivity contribution is -0.126. The standard InChI is InChI=1S/C15H17F3N4S/c16-15(17,18)6-10-5-11-12(23-10)13(21-9-20-11)22-4-2-14(8-22)1-3-19-7-14/h5,9,19H,1-4,6-8H2. The summed E-state index contributed by atoms with van der Waals surface area (Å²) in [7, 11) is 0. The number of thiophene rings is 1. The summed E-state index contributed by atoms with van der Waals surface area (Å²) in [5.41, 5.74) is 0.910. The summed E-state index contributed by atoms with van der Waals surface area (Å²) in [6.07, 6.45) is -1.38. The van der Waals surface area contributed by atoms with Gasteiger partial charge in [-0.25, -0.2) is 9.97 Å². The molecule has 1 N–H and O–H groups in total. The van der Waals surface area contributed by atoms with Gasteiger partial charge in [0.1, 0.15) is 12.1 Å². The number of alkyl halides is 3. The highest BCUT2D eigenvalue weighted by Gasteiger charge is 2.41. The van der Waals surface area contributed by atoms with Crippen molar-refractivity contribution in [3.63, 3.8) is 0 Å². The average molecular weight is 342 g/mol. The Kier molecular flexibility index (Phi) is 3.49. The van der Waals surface area contributed by atoms with Crippen molar-refractivity contribution in [2.75, 3.05) is 31.1 Å². The van der Waals surface area contributed by atoms with E-state index < -0.39 is 12.6 Å². The van der Waals surface area contributed by atoms with Crippen molar-refractivity contribution >= 4 is 27.4 Å². The minimum atomic E-state index is -4.19. The van der Waals surface area contributed by atoms with Crippen LogP contribution < -0.4 is 10.2 Å². The van der Waals surface area contributed by atoms with E-state index in [-0.39, 0.29) is 0 Å². The van der Waals surface area contributed by atoms with Crippen molar-refractivity contribution in [2.24, 2.45) is 5.41 Å². The SMILES string of the molecule is FC(F)(F)Cc1cc2ncnc(N3CCC4(CCNC4)C3)c2s1. The zero-order chi connectivity index (χ0) is 16.1. The lowest BCUT2D eigenvalue weighted by Gasteiger charge is -2.23. The van der Waals surface area contributed by atoms with Crippen molar-refractivity contribution < 1.29 is 13.2 Å². The topological polar surface area (TPSA) is 41.1 Å². The van der Waals surface area contributed by atoms with Crippen molar-refractivity contribution in [1.82, 2.24) is 15.3 Å². The number of nitrogens with zero attached hydrogens (tertiary/aromatic N) is 3. The van der Waals surface area contributed by atoms with Gasteiger partial charge in [0.25, 0.3) is 0 Å². The number of nitrogens with one attached hydrogen (secondary N) is 1. The molecule has 0 aromatic carbocycles. The van der Waals surface area contributed by atoms with E-state index in [0.29, 0.717) is 15.8 Å². The smallest absolute Gasteiger partial charge is 0.355 e. The number of aromatic nitrogens is 2. The molecule has 0 amide bonds. The second-order valence-electron chi connectivity index (χ2n) is 6.51. The molecular formula is C15H17F3N4S. The van der Waals surface area contributed by atoms with Gasteiger partial charge in [0.2, 0.25) is 0 Å². The highest BCUT2D eigenvalue weighted by atomic mass is 32.1. The molecule has 2 aromatic rings. The molecule has 2 saturated heterocycles. The molecule has 1 atom stereocenters. The Morgan fingerprint density at radius 3 is 2.91 bits per heavy atom. The number of anilines is 1.